The Hall–Kier alpha value is -2.81. The smallest absolute Gasteiger partial charge is 0.213 e. The summed E-state index contributed by atoms with van der Waals surface area (Å²) in [6.45, 7) is 3.12. The molecule has 1 heterocycles. The largest absolute Gasteiger partial charge is 0.493 e. The number of para-hydroxylation sites is 1. The van der Waals surface area contributed by atoms with Crippen LogP contribution in [-0.2, 0) is 6.54 Å². The fraction of sp³-hybridized carbons (Fsp3) is 0.190. The minimum absolute atomic E-state index is 0.737. The lowest BCUT2D eigenvalue weighted by Crippen LogP contribution is -2.32. The zero-order valence-electron chi connectivity index (χ0n) is 14.3. The van der Waals surface area contributed by atoms with Crippen molar-refractivity contribution in [1.82, 2.24) is 0 Å². The lowest BCUT2D eigenvalue weighted by Gasteiger charge is -2.07. The van der Waals surface area contributed by atoms with Gasteiger partial charge in [0.2, 0.25) is 5.52 Å². The molecule has 0 spiro atoms. The summed E-state index contributed by atoms with van der Waals surface area (Å²) in [6.07, 6.45) is 6.38. The molecule has 1 aromatic heterocycles. The maximum atomic E-state index is 5.37. The summed E-state index contributed by atoms with van der Waals surface area (Å²) in [4.78, 5) is 0. The number of ether oxygens (including phenoxy) is 2. The Balaban J connectivity index is 1.99. The Morgan fingerprint density at radius 3 is 2.46 bits per heavy atom. The molecule has 24 heavy (non-hydrogen) atoms. The van der Waals surface area contributed by atoms with Gasteiger partial charge in [0.25, 0.3) is 0 Å². The normalized spacial score (nSPS) is 11.1. The molecule has 3 nitrogen and oxygen atoms in total. The Bertz CT molecular complexity index is 884. The van der Waals surface area contributed by atoms with Crippen LogP contribution in [0, 0.1) is 0 Å². The first-order chi connectivity index (χ1) is 11.8. The van der Waals surface area contributed by atoms with Gasteiger partial charge < -0.3 is 9.47 Å². The predicted octanol–water partition coefficient (Wildman–Crippen LogP) is 4.33. The molecule has 0 aliphatic carbocycles. The molecule has 3 rings (SSSR count). The van der Waals surface area contributed by atoms with Gasteiger partial charge in [-0.05, 0) is 36.2 Å². The average Bonchev–Trinajstić information content (AvgIpc) is 2.65. The van der Waals surface area contributed by atoms with Gasteiger partial charge in [0.1, 0.15) is 6.54 Å². The number of hydrogen-bond acceptors (Lipinski definition) is 2. The quantitative estimate of drug-likeness (QED) is 0.653. The fourth-order valence-electron chi connectivity index (χ4n) is 2.87. The van der Waals surface area contributed by atoms with Gasteiger partial charge in [-0.1, -0.05) is 30.4 Å². The number of hydrogen-bond donors (Lipinski definition) is 0. The number of nitrogens with zero attached hydrogens (tertiary/aromatic N) is 1. The van der Waals surface area contributed by atoms with Crippen molar-refractivity contribution in [3.63, 3.8) is 0 Å². The number of pyridine rings is 1. The second-order valence-electron chi connectivity index (χ2n) is 5.52. The lowest BCUT2D eigenvalue weighted by molar-refractivity contribution is -0.667. The van der Waals surface area contributed by atoms with Crippen molar-refractivity contribution in [2.75, 3.05) is 14.2 Å². The van der Waals surface area contributed by atoms with Crippen LogP contribution in [0.4, 0.5) is 0 Å². The fourth-order valence-corrected chi connectivity index (χ4v) is 2.87. The van der Waals surface area contributed by atoms with E-state index in [1.807, 2.05) is 18.2 Å². The standard InChI is InChI=1S/C21H22NO2/c1-4-22-14-13-17(18-7-5-6-8-19(18)22)11-9-16-10-12-20(23-2)21(15-16)24-3/h5-15H,4H2,1-3H3/q+1/b11-9+. The molecule has 3 aromatic rings. The lowest BCUT2D eigenvalue weighted by atomic mass is 10.1. The first-order valence-electron chi connectivity index (χ1n) is 8.08. The second kappa shape index (κ2) is 7.18. The van der Waals surface area contributed by atoms with E-state index in [1.165, 1.54) is 16.5 Å². The molecule has 122 valence electrons. The Kier molecular flexibility index (Phi) is 4.80. The van der Waals surface area contributed by atoms with Crippen molar-refractivity contribution >= 4 is 23.1 Å². The highest BCUT2D eigenvalue weighted by molar-refractivity contribution is 5.88. The van der Waals surface area contributed by atoms with Crippen molar-refractivity contribution in [1.29, 1.82) is 0 Å². The third-order valence-corrected chi connectivity index (χ3v) is 4.16. The van der Waals surface area contributed by atoms with Crippen LogP contribution in [0.15, 0.2) is 54.7 Å². The molecule has 0 aliphatic heterocycles. The van der Waals surface area contributed by atoms with Crippen LogP contribution in [0.25, 0.3) is 23.1 Å². The SMILES string of the molecule is CC[n+]1ccc(/C=C/c2ccc(OC)c(OC)c2)c2ccccc21. The molecule has 0 N–H and O–H groups in total. The highest BCUT2D eigenvalue weighted by Gasteiger charge is 2.09. The molecular weight excluding hydrogens is 298 g/mol. The zero-order chi connectivity index (χ0) is 16.9. The summed E-state index contributed by atoms with van der Waals surface area (Å²) in [5.74, 6) is 1.48. The maximum Gasteiger partial charge on any atom is 0.213 e. The number of rotatable bonds is 5. The van der Waals surface area contributed by atoms with Crippen molar-refractivity contribution in [3.05, 3.63) is 65.9 Å². The zero-order valence-corrected chi connectivity index (χ0v) is 14.3. The molecule has 0 amide bonds. The monoisotopic (exact) mass is 320 g/mol. The molecule has 0 unspecified atom stereocenters. The second-order valence-corrected chi connectivity index (χ2v) is 5.52. The van der Waals surface area contributed by atoms with Crippen molar-refractivity contribution in [2.45, 2.75) is 13.5 Å². The molecule has 0 aliphatic rings. The highest BCUT2D eigenvalue weighted by atomic mass is 16.5. The first-order valence-corrected chi connectivity index (χ1v) is 8.08. The number of aryl methyl sites for hydroxylation is 1. The first kappa shape index (κ1) is 16.1. The molecule has 0 radical (unpaired) electrons. The van der Waals surface area contributed by atoms with E-state index in [-0.39, 0.29) is 0 Å². The summed E-state index contributed by atoms with van der Waals surface area (Å²) in [5.41, 5.74) is 3.52. The molecule has 0 saturated carbocycles. The van der Waals surface area contributed by atoms with E-state index >= 15 is 0 Å². The van der Waals surface area contributed by atoms with Crippen LogP contribution in [0.1, 0.15) is 18.1 Å². The molecule has 0 fully saturated rings. The molecular formula is C21H22NO2+. The van der Waals surface area contributed by atoms with Gasteiger partial charge >= 0.3 is 0 Å². The van der Waals surface area contributed by atoms with Crippen LogP contribution in [-0.4, -0.2) is 14.2 Å². The van der Waals surface area contributed by atoms with Crippen molar-refractivity contribution < 1.29 is 14.0 Å². The van der Waals surface area contributed by atoms with E-state index in [0.717, 1.165) is 23.6 Å². The van der Waals surface area contributed by atoms with Gasteiger partial charge in [-0.15, -0.1) is 0 Å². The van der Waals surface area contributed by atoms with E-state index in [1.54, 1.807) is 14.2 Å². The molecule has 0 saturated heterocycles. The molecule has 2 aromatic carbocycles. The van der Waals surface area contributed by atoms with E-state index < -0.39 is 0 Å². The van der Waals surface area contributed by atoms with Gasteiger partial charge in [0, 0.05) is 12.1 Å². The van der Waals surface area contributed by atoms with Crippen molar-refractivity contribution in [2.24, 2.45) is 0 Å². The van der Waals surface area contributed by atoms with E-state index in [4.69, 9.17) is 9.47 Å². The van der Waals surface area contributed by atoms with E-state index in [0.29, 0.717) is 0 Å². The molecule has 0 bridgehead atoms. The summed E-state index contributed by atoms with van der Waals surface area (Å²) < 4.78 is 12.9. The molecule has 3 heteroatoms. The third-order valence-electron chi connectivity index (χ3n) is 4.16. The minimum Gasteiger partial charge on any atom is -0.493 e. The van der Waals surface area contributed by atoms with Gasteiger partial charge in [0.15, 0.2) is 17.7 Å². The van der Waals surface area contributed by atoms with Crippen LogP contribution in [0.2, 0.25) is 0 Å². The number of aromatic nitrogens is 1. The summed E-state index contributed by atoms with van der Waals surface area (Å²) in [5, 5.41) is 1.25. The number of methoxy groups -OCH3 is 2. The van der Waals surface area contributed by atoms with Gasteiger partial charge in [-0.25, -0.2) is 0 Å². The summed E-state index contributed by atoms with van der Waals surface area (Å²) >= 11 is 0. The summed E-state index contributed by atoms with van der Waals surface area (Å²) in [6, 6.07) is 16.6. The van der Waals surface area contributed by atoms with Gasteiger partial charge in [-0.3, -0.25) is 0 Å². The average molecular weight is 320 g/mol. The van der Waals surface area contributed by atoms with Crippen LogP contribution in [0.5, 0.6) is 11.5 Å². The Morgan fingerprint density at radius 2 is 1.71 bits per heavy atom. The third kappa shape index (κ3) is 3.11. The van der Waals surface area contributed by atoms with Crippen LogP contribution >= 0.6 is 0 Å². The number of benzene rings is 2. The van der Waals surface area contributed by atoms with E-state index in [9.17, 15) is 0 Å². The number of fused-ring (bicyclic) bond motifs is 1. The predicted molar refractivity (Wildman–Crippen MR) is 98.3 cm³/mol. The van der Waals surface area contributed by atoms with E-state index in [2.05, 4.69) is 60.2 Å². The van der Waals surface area contributed by atoms with Gasteiger partial charge in [0.05, 0.1) is 19.6 Å². The summed E-state index contributed by atoms with van der Waals surface area (Å²) in [7, 11) is 3.30. The van der Waals surface area contributed by atoms with Crippen LogP contribution < -0.4 is 14.0 Å². The molecule has 0 atom stereocenters. The minimum atomic E-state index is 0.737. The maximum absolute atomic E-state index is 5.37. The Labute approximate surface area is 142 Å². The van der Waals surface area contributed by atoms with Crippen molar-refractivity contribution in [3.8, 4) is 11.5 Å². The van der Waals surface area contributed by atoms with Crippen LogP contribution in [0.3, 0.4) is 0 Å². The topological polar surface area (TPSA) is 22.3 Å². The van der Waals surface area contributed by atoms with Gasteiger partial charge in [-0.2, -0.15) is 4.57 Å². The Morgan fingerprint density at radius 1 is 0.917 bits per heavy atom. The highest BCUT2D eigenvalue weighted by Crippen LogP contribution is 2.28.